The summed E-state index contributed by atoms with van der Waals surface area (Å²) in [6.07, 6.45) is 36.3. The van der Waals surface area contributed by atoms with Gasteiger partial charge in [-0.1, -0.05) is 247 Å². The van der Waals surface area contributed by atoms with E-state index in [2.05, 4.69) is 34.6 Å². The first-order chi connectivity index (χ1) is 38.0. The van der Waals surface area contributed by atoms with Gasteiger partial charge in [-0.25, -0.2) is 9.13 Å². The molecule has 0 bridgehead atoms. The predicted molar refractivity (Wildman–Crippen MR) is 312 cm³/mol. The molecule has 79 heavy (non-hydrogen) atoms. The Morgan fingerprint density at radius 3 is 0.861 bits per heavy atom. The van der Waals surface area contributed by atoms with Crippen molar-refractivity contribution in [3.63, 3.8) is 0 Å². The van der Waals surface area contributed by atoms with Gasteiger partial charge in [0.05, 0.1) is 26.4 Å². The molecule has 0 fully saturated rings. The Morgan fingerprint density at radius 1 is 0.342 bits per heavy atom. The number of carbonyl (C=O) groups is 4. The molecule has 0 aliphatic heterocycles. The van der Waals surface area contributed by atoms with E-state index in [-0.39, 0.29) is 25.7 Å². The minimum atomic E-state index is -4.94. The van der Waals surface area contributed by atoms with Crippen LogP contribution in [0.1, 0.15) is 298 Å². The van der Waals surface area contributed by atoms with Crippen molar-refractivity contribution in [3.05, 3.63) is 0 Å². The normalized spacial score (nSPS) is 14.3. The van der Waals surface area contributed by atoms with Gasteiger partial charge in [0, 0.05) is 25.7 Å². The van der Waals surface area contributed by atoms with Gasteiger partial charge in [0.25, 0.3) is 0 Å². The Hall–Kier alpha value is -1.94. The van der Waals surface area contributed by atoms with Gasteiger partial charge in [-0.15, -0.1) is 0 Å². The van der Waals surface area contributed by atoms with Crippen LogP contribution in [0, 0.1) is 5.92 Å². The Labute approximate surface area is 479 Å². The van der Waals surface area contributed by atoms with Crippen molar-refractivity contribution in [1.29, 1.82) is 0 Å². The number of unbranched alkanes of at least 4 members (excludes halogenated alkanes) is 32. The van der Waals surface area contributed by atoms with Gasteiger partial charge >= 0.3 is 39.5 Å². The molecule has 0 aromatic heterocycles. The van der Waals surface area contributed by atoms with Crippen molar-refractivity contribution >= 4 is 39.5 Å². The van der Waals surface area contributed by atoms with Crippen LogP contribution in [0.15, 0.2) is 0 Å². The van der Waals surface area contributed by atoms with Crippen molar-refractivity contribution in [1.82, 2.24) is 0 Å². The van der Waals surface area contributed by atoms with E-state index < -0.39 is 97.5 Å². The van der Waals surface area contributed by atoms with E-state index in [1.807, 2.05) is 0 Å². The molecular weight excluding hydrogens is 1050 g/mol. The molecular formula is C60H116O17P2. The van der Waals surface area contributed by atoms with Gasteiger partial charge in [0.2, 0.25) is 0 Å². The highest BCUT2D eigenvalue weighted by Crippen LogP contribution is 2.45. The molecule has 0 spiro atoms. The van der Waals surface area contributed by atoms with Crippen molar-refractivity contribution in [2.24, 2.45) is 5.92 Å². The molecule has 0 heterocycles. The maximum Gasteiger partial charge on any atom is 0.472 e. The largest absolute Gasteiger partial charge is 0.472 e. The number of aliphatic hydroxyl groups is 1. The van der Waals surface area contributed by atoms with Crippen molar-refractivity contribution in [3.8, 4) is 0 Å². The maximum atomic E-state index is 12.9. The third-order valence-electron chi connectivity index (χ3n) is 13.8. The number of esters is 4. The number of ether oxygens (including phenoxy) is 4. The zero-order chi connectivity index (χ0) is 58.5. The number of phosphoric acid groups is 2. The van der Waals surface area contributed by atoms with E-state index in [1.54, 1.807) is 0 Å². The topological polar surface area (TPSA) is 237 Å². The van der Waals surface area contributed by atoms with Crippen LogP contribution in [0.25, 0.3) is 0 Å². The molecule has 0 saturated heterocycles. The minimum absolute atomic E-state index is 0.104. The van der Waals surface area contributed by atoms with E-state index in [9.17, 15) is 43.2 Å². The second kappa shape index (κ2) is 54.0. The lowest BCUT2D eigenvalue weighted by atomic mass is 10.0. The van der Waals surface area contributed by atoms with Crippen LogP contribution >= 0.6 is 15.6 Å². The Kier molecular flexibility index (Phi) is 52.7. The molecule has 2 unspecified atom stereocenters. The standard InChI is InChI=1S/C60H116O17P2/c1-6-9-12-15-18-20-21-22-23-24-31-36-41-46-60(65)77-56(50-71-58(63)44-39-34-30-26-25-28-32-37-42-53(4)5)52-75-79(68,69)73-48-54(61)47-72-78(66,67)74-51-55(49-70-57(62)43-38-33-27-17-14-11-8-3)76-59(64)45-40-35-29-19-16-13-10-7-2/h53-56,61H,6-52H2,1-5H3,(H,66,67)(H,68,69)/t54-,55+,56+/m0/s1. The molecule has 19 heteroatoms. The minimum Gasteiger partial charge on any atom is -0.462 e. The second-order valence-electron chi connectivity index (χ2n) is 22.2. The molecule has 468 valence electrons. The quantitative estimate of drug-likeness (QED) is 0.0222. The fourth-order valence-corrected chi connectivity index (χ4v) is 10.5. The molecule has 3 N–H and O–H groups in total. The average Bonchev–Trinajstić information content (AvgIpc) is 3.41. The molecule has 0 radical (unpaired) electrons. The summed E-state index contributed by atoms with van der Waals surface area (Å²) in [5, 5.41) is 10.5. The van der Waals surface area contributed by atoms with Gasteiger partial charge in [-0.3, -0.25) is 37.3 Å². The summed E-state index contributed by atoms with van der Waals surface area (Å²) < 4.78 is 67.7. The van der Waals surface area contributed by atoms with E-state index in [1.165, 1.54) is 103 Å². The lowest BCUT2D eigenvalue weighted by molar-refractivity contribution is -0.161. The molecule has 17 nitrogen and oxygen atoms in total. The molecule has 0 rings (SSSR count). The van der Waals surface area contributed by atoms with Gasteiger partial charge < -0.3 is 33.8 Å². The van der Waals surface area contributed by atoms with Gasteiger partial charge in [0.15, 0.2) is 12.2 Å². The number of carbonyl (C=O) groups excluding carboxylic acids is 4. The molecule has 0 amide bonds. The number of rotatable bonds is 60. The molecule has 0 aromatic rings. The maximum absolute atomic E-state index is 12.9. The second-order valence-corrected chi connectivity index (χ2v) is 25.1. The molecule has 0 aliphatic rings. The van der Waals surface area contributed by atoms with Gasteiger partial charge in [0.1, 0.15) is 19.3 Å². The SMILES string of the molecule is CCCCCCCCCCCCCCCC(=O)O[C@H](COC(=O)CCCCCCCCCCC(C)C)COP(=O)(O)OC[C@@H](O)COP(=O)(O)OC[C@@H](COC(=O)CCCCCCCCC)OC(=O)CCCCCCCCCC. The summed E-state index contributed by atoms with van der Waals surface area (Å²) in [6.45, 7) is 7.06. The third-order valence-corrected chi connectivity index (χ3v) is 15.7. The highest BCUT2D eigenvalue weighted by molar-refractivity contribution is 7.47. The first-order valence-electron chi connectivity index (χ1n) is 31.6. The first-order valence-corrected chi connectivity index (χ1v) is 34.6. The third kappa shape index (κ3) is 55.0. The summed E-state index contributed by atoms with van der Waals surface area (Å²) in [4.78, 5) is 71.8. The van der Waals surface area contributed by atoms with E-state index in [4.69, 9.17) is 37.0 Å². The van der Waals surface area contributed by atoms with Crippen LogP contribution in [-0.4, -0.2) is 96.7 Å². The number of hydrogen-bond acceptors (Lipinski definition) is 15. The van der Waals surface area contributed by atoms with Crippen LogP contribution in [0.5, 0.6) is 0 Å². The highest BCUT2D eigenvalue weighted by Gasteiger charge is 2.30. The van der Waals surface area contributed by atoms with E-state index >= 15 is 0 Å². The summed E-state index contributed by atoms with van der Waals surface area (Å²) in [6, 6.07) is 0. The van der Waals surface area contributed by atoms with Gasteiger partial charge in [-0.05, 0) is 31.6 Å². The summed E-state index contributed by atoms with van der Waals surface area (Å²) in [5.74, 6) is -1.42. The molecule has 0 saturated carbocycles. The first kappa shape index (κ1) is 77.1. The van der Waals surface area contributed by atoms with Crippen LogP contribution in [0.3, 0.4) is 0 Å². The lowest BCUT2D eigenvalue weighted by Crippen LogP contribution is -2.30. The highest BCUT2D eigenvalue weighted by atomic mass is 31.2. The number of aliphatic hydroxyl groups excluding tert-OH is 1. The van der Waals surface area contributed by atoms with Crippen LogP contribution in [0.2, 0.25) is 0 Å². The molecule has 0 aliphatic carbocycles. The Bertz CT molecular complexity index is 1550. The Balaban J connectivity index is 5.20. The number of hydrogen-bond donors (Lipinski definition) is 3. The van der Waals surface area contributed by atoms with Crippen LogP contribution in [-0.2, 0) is 65.4 Å². The summed E-state index contributed by atoms with van der Waals surface area (Å²) >= 11 is 0. The van der Waals surface area contributed by atoms with Crippen molar-refractivity contribution < 1.29 is 80.2 Å². The lowest BCUT2D eigenvalue weighted by Gasteiger charge is -2.21. The van der Waals surface area contributed by atoms with Gasteiger partial charge in [-0.2, -0.15) is 0 Å². The van der Waals surface area contributed by atoms with Crippen LogP contribution < -0.4 is 0 Å². The number of phosphoric ester groups is 2. The zero-order valence-corrected chi connectivity index (χ0v) is 52.3. The summed E-state index contributed by atoms with van der Waals surface area (Å²) in [5.41, 5.74) is 0. The van der Waals surface area contributed by atoms with E-state index in [0.717, 1.165) is 115 Å². The monoisotopic (exact) mass is 1170 g/mol. The fourth-order valence-electron chi connectivity index (χ4n) is 8.88. The smallest absolute Gasteiger partial charge is 0.462 e. The van der Waals surface area contributed by atoms with Crippen molar-refractivity contribution in [2.45, 2.75) is 316 Å². The fraction of sp³-hybridized carbons (Fsp3) is 0.933. The molecule has 0 aromatic carbocycles. The predicted octanol–water partition coefficient (Wildman–Crippen LogP) is 16.2. The van der Waals surface area contributed by atoms with E-state index in [0.29, 0.717) is 25.7 Å². The zero-order valence-electron chi connectivity index (χ0n) is 50.5. The van der Waals surface area contributed by atoms with Crippen molar-refractivity contribution in [2.75, 3.05) is 39.6 Å². The molecule has 5 atom stereocenters. The Morgan fingerprint density at radius 2 is 0.582 bits per heavy atom. The average molecular weight is 1170 g/mol. The summed E-state index contributed by atoms with van der Waals surface area (Å²) in [7, 11) is -9.87. The van der Waals surface area contributed by atoms with Crippen LogP contribution in [0.4, 0.5) is 0 Å².